The summed E-state index contributed by atoms with van der Waals surface area (Å²) in [6.07, 6.45) is -2.89. The van der Waals surface area contributed by atoms with Gasteiger partial charge in [0.1, 0.15) is 10.7 Å². The first-order chi connectivity index (χ1) is 8.95. The molecule has 0 aliphatic rings. The van der Waals surface area contributed by atoms with E-state index >= 15 is 0 Å². The third-order valence-electron chi connectivity index (χ3n) is 2.59. The summed E-state index contributed by atoms with van der Waals surface area (Å²) < 4.78 is 30.9. The van der Waals surface area contributed by atoms with Gasteiger partial charge in [-0.05, 0) is 19.1 Å². The first kappa shape index (κ1) is 13.6. The number of pyridine rings is 2. The summed E-state index contributed by atoms with van der Waals surface area (Å²) in [7, 11) is 1.09. The molecule has 0 radical (unpaired) electrons. The van der Waals surface area contributed by atoms with Crippen LogP contribution in [0, 0.1) is 6.92 Å². The van der Waals surface area contributed by atoms with Gasteiger partial charge in [0, 0.05) is 16.6 Å². The van der Waals surface area contributed by atoms with Crippen LogP contribution in [-0.2, 0) is 4.74 Å². The van der Waals surface area contributed by atoms with Crippen LogP contribution in [0.2, 0.25) is 5.15 Å². The highest BCUT2D eigenvalue weighted by atomic mass is 35.5. The smallest absolute Gasteiger partial charge is 0.341 e. The van der Waals surface area contributed by atoms with Crippen molar-refractivity contribution in [2.45, 2.75) is 13.3 Å². The summed E-state index contributed by atoms with van der Waals surface area (Å²) in [6, 6.07) is 3.00. The van der Waals surface area contributed by atoms with Crippen LogP contribution in [0.15, 0.2) is 12.1 Å². The predicted molar refractivity (Wildman–Crippen MR) is 65.6 cm³/mol. The summed E-state index contributed by atoms with van der Waals surface area (Å²) in [5.74, 6) is -0.949. The van der Waals surface area contributed by atoms with Crippen molar-refractivity contribution < 1.29 is 18.3 Å². The summed E-state index contributed by atoms with van der Waals surface area (Å²) in [5.41, 5.74) is -0.235. The molecule has 0 fully saturated rings. The molecule has 0 unspecified atom stereocenters. The molecule has 0 saturated heterocycles. The van der Waals surface area contributed by atoms with Gasteiger partial charge in [-0.2, -0.15) is 0 Å². The topological polar surface area (TPSA) is 52.1 Å². The normalized spacial score (nSPS) is 11.1. The van der Waals surface area contributed by atoms with Crippen LogP contribution in [0.1, 0.15) is 28.0 Å². The molecule has 4 nitrogen and oxygen atoms in total. The Morgan fingerprint density at radius 3 is 2.63 bits per heavy atom. The molecule has 0 bridgehead atoms. The number of nitrogens with zero attached hydrogens (tertiary/aromatic N) is 2. The van der Waals surface area contributed by atoms with Gasteiger partial charge in [-0.15, -0.1) is 0 Å². The molecule has 7 heteroatoms. The molecule has 2 rings (SSSR count). The summed E-state index contributed by atoms with van der Waals surface area (Å²) >= 11 is 5.79. The van der Waals surface area contributed by atoms with Crippen LogP contribution in [-0.4, -0.2) is 23.0 Å². The van der Waals surface area contributed by atoms with Crippen LogP contribution in [0.5, 0.6) is 0 Å². The maximum absolute atomic E-state index is 13.2. The lowest BCUT2D eigenvalue weighted by Gasteiger charge is -2.11. The lowest BCUT2D eigenvalue weighted by Crippen LogP contribution is -2.10. The fourth-order valence-corrected chi connectivity index (χ4v) is 2.02. The second-order valence-corrected chi connectivity index (χ2v) is 4.17. The van der Waals surface area contributed by atoms with Crippen molar-refractivity contribution in [1.82, 2.24) is 9.97 Å². The molecule has 2 heterocycles. The number of carbonyl (C=O) groups excluding carboxylic acids is 1. The van der Waals surface area contributed by atoms with E-state index in [0.29, 0.717) is 5.69 Å². The molecule has 0 saturated carbocycles. The highest BCUT2D eigenvalue weighted by Crippen LogP contribution is 2.33. The van der Waals surface area contributed by atoms with Gasteiger partial charge in [0.05, 0.1) is 7.11 Å². The number of hydrogen-bond donors (Lipinski definition) is 0. The second-order valence-electron chi connectivity index (χ2n) is 3.81. The molecular formula is C12H9ClF2N2O2. The Morgan fingerprint density at radius 2 is 2.05 bits per heavy atom. The molecule has 0 spiro atoms. The van der Waals surface area contributed by atoms with Gasteiger partial charge in [0.2, 0.25) is 0 Å². The Bertz CT molecular complexity index is 662. The zero-order chi connectivity index (χ0) is 14.2. The van der Waals surface area contributed by atoms with Crippen LogP contribution < -0.4 is 0 Å². The molecule has 0 amide bonds. The number of aryl methyl sites for hydroxylation is 1. The van der Waals surface area contributed by atoms with E-state index in [9.17, 15) is 13.6 Å². The summed E-state index contributed by atoms with van der Waals surface area (Å²) in [6.45, 7) is 1.70. The van der Waals surface area contributed by atoms with Crippen LogP contribution in [0.25, 0.3) is 11.0 Å². The summed E-state index contributed by atoms with van der Waals surface area (Å²) in [4.78, 5) is 19.5. The molecule has 2 aromatic rings. The number of fused-ring (bicyclic) bond motifs is 1. The van der Waals surface area contributed by atoms with E-state index in [2.05, 4.69) is 14.7 Å². The third-order valence-corrected chi connectivity index (χ3v) is 2.87. The maximum atomic E-state index is 13.2. The average molecular weight is 287 g/mol. The van der Waals surface area contributed by atoms with E-state index in [1.807, 2.05) is 0 Å². The SMILES string of the molecule is COC(=O)c1c(Cl)nc2nc(C)ccc2c1C(F)F. The number of hydrogen-bond acceptors (Lipinski definition) is 4. The van der Waals surface area contributed by atoms with Gasteiger partial charge >= 0.3 is 5.97 Å². The average Bonchev–Trinajstić information content (AvgIpc) is 2.35. The Morgan fingerprint density at radius 1 is 1.37 bits per heavy atom. The molecule has 19 heavy (non-hydrogen) atoms. The second kappa shape index (κ2) is 5.05. The van der Waals surface area contributed by atoms with Crippen molar-refractivity contribution in [3.8, 4) is 0 Å². The van der Waals surface area contributed by atoms with E-state index in [0.717, 1.165) is 7.11 Å². The highest BCUT2D eigenvalue weighted by Gasteiger charge is 2.26. The Hall–Kier alpha value is -1.82. The number of esters is 1. The standard InChI is InChI=1S/C12H9ClF2N2O2/c1-5-3-4-6-7(10(14)15)8(12(18)19-2)9(13)17-11(6)16-5/h3-4,10H,1-2H3. The van der Waals surface area contributed by atoms with Gasteiger partial charge in [0.15, 0.2) is 5.65 Å². The van der Waals surface area contributed by atoms with Gasteiger partial charge in [0.25, 0.3) is 6.43 Å². The zero-order valence-corrected chi connectivity index (χ0v) is 10.8. The minimum atomic E-state index is -2.89. The lowest BCUT2D eigenvalue weighted by atomic mass is 10.1. The third kappa shape index (κ3) is 2.35. The van der Waals surface area contributed by atoms with Gasteiger partial charge < -0.3 is 4.74 Å². The van der Waals surface area contributed by atoms with Gasteiger partial charge in [-0.3, -0.25) is 0 Å². The minimum Gasteiger partial charge on any atom is -0.465 e. The van der Waals surface area contributed by atoms with Crippen molar-refractivity contribution in [3.63, 3.8) is 0 Å². The highest BCUT2D eigenvalue weighted by molar-refractivity contribution is 6.33. The fourth-order valence-electron chi connectivity index (χ4n) is 1.76. The van der Waals surface area contributed by atoms with Crippen molar-refractivity contribution in [2.24, 2.45) is 0 Å². The summed E-state index contributed by atoms with van der Waals surface area (Å²) in [5, 5.41) is -0.252. The number of rotatable bonds is 2. The van der Waals surface area contributed by atoms with Crippen molar-refractivity contribution >= 4 is 28.6 Å². The zero-order valence-electron chi connectivity index (χ0n) is 10.1. The quantitative estimate of drug-likeness (QED) is 0.628. The molecule has 2 aromatic heterocycles. The van der Waals surface area contributed by atoms with Crippen LogP contribution >= 0.6 is 11.6 Å². The monoisotopic (exact) mass is 286 g/mol. The molecule has 0 aliphatic heterocycles. The number of halogens is 3. The maximum Gasteiger partial charge on any atom is 0.341 e. The molecule has 0 aliphatic carbocycles. The van der Waals surface area contributed by atoms with Gasteiger partial charge in [-0.25, -0.2) is 23.5 Å². The van der Waals surface area contributed by atoms with Gasteiger partial charge in [-0.1, -0.05) is 11.6 Å². The lowest BCUT2D eigenvalue weighted by molar-refractivity contribution is 0.0589. The first-order valence-corrected chi connectivity index (χ1v) is 5.66. The number of ether oxygens (including phenoxy) is 1. The van der Waals surface area contributed by atoms with Crippen molar-refractivity contribution in [3.05, 3.63) is 34.1 Å². The van der Waals surface area contributed by atoms with Crippen molar-refractivity contribution in [2.75, 3.05) is 7.11 Å². The van der Waals surface area contributed by atoms with E-state index in [4.69, 9.17) is 11.6 Å². The molecular weight excluding hydrogens is 278 g/mol. The number of alkyl halides is 2. The molecule has 100 valence electrons. The minimum absolute atomic E-state index is 0.0768. The first-order valence-electron chi connectivity index (χ1n) is 5.29. The molecule has 0 atom stereocenters. The largest absolute Gasteiger partial charge is 0.465 e. The van der Waals surface area contributed by atoms with Crippen LogP contribution in [0.3, 0.4) is 0 Å². The van der Waals surface area contributed by atoms with E-state index < -0.39 is 23.5 Å². The van der Waals surface area contributed by atoms with E-state index in [1.165, 1.54) is 6.07 Å². The number of methoxy groups -OCH3 is 1. The van der Waals surface area contributed by atoms with Crippen LogP contribution in [0.4, 0.5) is 8.78 Å². The fraction of sp³-hybridized carbons (Fsp3) is 0.250. The van der Waals surface area contributed by atoms with E-state index in [1.54, 1.807) is 13.0 Å². The number of aromatic nitrogens is 2. The number of carbonyl (C=O) groups is 1. The Balaban J connectivity index is 2.89. The van der Waals surface area contributed by atoms with E-state index in [-0.39, 0.29) is 16.2 Å². The molecule has 0 aromatic carbocycles. The molecule has 0 N–H and O–H groups in total. The predicted octanol–water partition coefficient (Wildman–Crippen LogP) is 3.32. The Kier molecular flexibility index (Phi) is 3.61. The van der Waals surface area contributed by atoms with Crippen molar-refractivity contribution in [1.29, 1.82) is 0 Å². The Labute approximate surface area is 112 Å².